The lowest BCUT2D eigenvalue weighted by Crippen LogP contribution is -2.15. The van der Waals surface area contributed by atoms with Crippen LogP contribution in [0.25, 0.3) is 10.9 Å². The van der Waals surface area contributed by atoms with Gasteiger partial charge in [-0.25, -0.2) is 4.98 Å². The number of benzene rings is 1. The van der Waals surface area contributed by atoms with Crippen molar-refractivity contribution in [3.8, 4) is 0 Å². The van der Waals surface area contributed by atoms with E-state index in [0.29, 0.717) is 0 Å². The average molecular weight is 314 g/mol. The number of amides is 1. The summed E-state index contributed by atoms with van der Waals surface area (Å²) in [6, 6.07) is 5.67. The molecule has 0 spiro atoms. The smallest absolute Gasteiger partial charge is 0.230 e. The van der Waals surface area contributed by atoms with Crippen molar-refractivity contribution in [3.63, 3.8) is 0 Å². The molecule has 2 heterocycles. The van der Waals surface area contributed by atoms with Gasteiger partial charge in [-0.1, -0.05) is 20.8 Å². The van der Waals surface area contributed by atoms with Gasteiger partial charge in [-0.15, -0.1) is 11.3 Å². The Bertz CT molecular complexity index is 813. The number of H-pyrrole nitrogens is 1. The number of nitrogens with zero attached hydrogens (tertiary/aromatic N) is 2. The molecule has 1 aromatic carbocycles. The van der Waals surface area contributed by atoms with Gasteiger partial charge in [0.05, 0.1) is 28.8 Å². The van der Waals surface area contributed by atoms with Crippen LogP contribution in [0.2, 0.25) is 0 Å². The summed E-state index contributed by atoms with van der Waals surface area (Å²) in [5, 5.41) is 13.8. The van der Waals surface area contributed by atoms with Gasteiger partial charge in [0.25, 0.3) is 0 Å². The lowest BCUT2D eigenvalue weighted by molar-refractivity contribution is -0.115. The van der Waals surface area contributed by atoms with Crippen molar-refractivity contribution in [3.05, 3.63) is 40.5 Å². The second kappa shape index (κ2) is 5.53. The van der Waals surface area contributed by atoms with Crippen molar-refractivity contribution >= 4 is 33.8 Å². The molecule has 0 aliphatic rings. The van der Waals surface area contributed by atoms with E-state index in [0.717, 1.165) is 27.3 Å². The molecule has 1 amide bonds. The molecular formula is C16H18N4OS. The number of fused-ring (bicyclic) bond motifs is 1. The minimum Gasteiger partial charge on any atom is -0.326 e. The maximum Gasteiger partial charge on any atom is 0.230 e. The minimum atomic E-state index is -0.0652. The molecule has 0 fully saturated rings. The number of carbonyl (C=O) groups excluding carboxylic acids is 1. The Morgan fingerprint density at radius 2 is 2.18 bits per heavy atom. The number of rotatable bonds is 3. The van der Waals surface area contributed by atoms with Crippen molar-refractivity contribution in [2.75, 3.05) is 5.32 Å². The van der Waals surface area contributed by atoms with Crippen LogP contribution in [0.5, 0.6) is 0 Å². The maximum absolute atomic E-state index is 12.1. The van der Waals surface area contributed by atoms with Crippen molar-refractivity contribution in [1.29, 1.82) is 0 Å². The first-order valence-corrected chi connectivity index (χ1v) is 7.98. The molecule has 22 heavy (non-hydrogen) atoms. The molecule has 2 N–H and O–H groups in total. The molecular weight excluding hydrogens is 296 g/mol. The van der Waals surface area contributed by atoms with Gasteiger partial charge in [0, 0.05) is 21.9 Å². The molecule has 0 aliphatic carbocycles. The first-order valence-electron chi connectivity index (χ1n) is 7.10. The van der Waals surface area contributed by atoms with Crippen LogP contribution in [0.3, 0.4) is 0 Å². The van der Waals surface area contributed by atoms with Gasteiger partial charge in [0.2, 0.25) is 5.91 Å². The van der Waals surface area contributed by atoms with Gasteiger partial charge < -0.3 is 5.32 Å². The number of carbonyl (C=O) groups is 1. The number of aromatic amines is 1. The molecule has 3 aromatic rings. The van der Waals surface area contributed by atoms with Gasteiger partial charge in [-0.05, 0) is 18.2 Å². The number of thiazole rings is 1. The summed E-state index contributed by atoms with van der Waals surface area (Å²) in [6.45, 7) is 6.36. The third kappa shape index (κ3) is 3.17. The highest BCUT2D eigenvalue weighted by Gasteiger charge is 2.18. The summed E-state index contributed by atoms with van der Waals surface area (Å²) in [4.78, 5) is 16.7. The fourth-order valence-corrected chi connectivity index (χ4v) is 3.02. The molecule has 0 saturated heterocycles. The number of hydrogen-bond acceptors (Lipinski definition) is 4. The van der Waals surface area contributed by atoms with E-state index < -0.39 is 0 Å². The zero-order chi connectivity index (χ0) is 15.7. The molecule has 3 rings (SSSR count). The summed E-state index contributed by atoms with van der Waals surface area (Å²) in [7, 11) is 0. The van der Waals surface area contributed by atoms with Crippen LogP contribution in [0.1, 0.15) is 31.5 Å². The Labute approximate surface area is 132 Å². The van der Waals surface area contributed by atoms with E-state index in [1.54, 1.807) is 17.5 Å². The molecule has 0 aliphatic heterocycles. The fourth-order valence-electron chi connectivity index (χ4n) is 2.12. The van der Waals surface area contributed by atoms with Crippen molar-refractivity contribution < 1.29 is 4.79 Å². The molecule has 0 radical (unpaired) electrons. The van der Waals surface area contributed by atoms with Crippen LogP contribution < -0.4 is 5.32 Å². The zero-order valence-electron chi connectivity index (χ0n) is 12.8. The quantitative estimate of drug-likeness (QED) is 0.777. The van der Waals surface area contributed by atoms with E-state index in [9.17, 15) is 4.79 Å². The molecule has 5 nitrogen and oxygen atoms in total. The standard InChI is InChI=1S/C16H18N4OS/c1-16(2,3)15-19-12(9-22-15)7-14(21)18-11-5-4-10-8-17-20-13(10)6-11/h4-6,8-9H,7H2,1-3H3,(H,17,20)(H,18,21). The minimum absolute atomic E-state index is 0.0189. The molecule has 114 valence electrons. The second-order valence-corrected chi connectivity index (χ2v) is 7.15. The maximum atomic E-state index is 12.1. The normalized spacial score (nSPS) is 11.8. The number of aromatic nitrogens is 3. The number of anilines is 1. The topological polar surface area (TPSA) is 70.7 Å². The van der Waals surface area contributed by atoms with Crippen LogP contribution in [0, 0.1) is 0 Å². The van der Waals surface area contributed by atoms with Crippen LogP contribution in [-0.4, -0.2) is 21.1 Å². The Kier molecular flexibility index (Phi) is 3.70. The Morgan fingerprint density at radius 3 is 2.91 bits per heavy atom. The highest BCUT2D eigenvalue weighted by atomic mass is 32.1. The first-order chi connectivity index (χ1) is 10.4. The fraction of sp³-hybridized carbons (Fsp3) is 0.312. The summed E-state index contributed by atoms with van der Waals surface area (Å²) >= 11 is 1.60. The SMILES string of the molecule is CC(C)(C)c1nc(CC(=O)Nc2ccc3cn[nH]c3c2)cs1. The first kappa shape index (κ1) is 14.7. The molecule has 0 bridgehead atoms. The van der Waals surface area contributed by atoms with E-state index in [2.05, 4.69) is 41.3 Å². The van der Waals surface area contributed by atoms with Crippen molar-refractivity contribution in [1.82, 2.24) is 15.2 Å². The summed E-state index contributed by atoms with van der Waals surface area (Å²) < 4.78 is 0. The van der Waals surface area contributed by atoms with Crippen LogP contribution in [-0.2, 0) is 16.6 Å². The largest absolute Gasteiger partial charge is 0.326 e. The van der Waals surface area contributed by atoms with Gasteiger partial charge in [0.1, 0.15) is 0 Å². The predicted octanol–water partition coefficient (Wildman–Crippen LogP) is 3.50. The van der Waals surface area contributed by atoms with E-state index >= 15 is 0 Å². The molecule has 0 saturated carbocycles. The van der Waals surface area contributed by atoms with Gasteiger partial charge >= 0.3 is 0 Å². The van der Waals surface area contributed by atoms with Gasteiger partial charge in [0.15, 0.2) is 0 Å². The van der Waals surface area contributed by atoms with Crippen LogP contribution in [0.4, 0.5) is 5.69 Å². The highest BCUT2D eigenvalue weighted by molar-refractivity contribution is 7.09. The molecule has 2 aromatic heterocycles. The van der Waals surface area contributed by atoms with Crippen molar-refractivity contribution in [2.45, 2.75) is 32.6 Å². The average Bonchev–Trinajstić information content (AvgIpc) is 3.05. The Hall–Kier alpha value is -2.21. The van der Waals surface area contributed by atoms with Gasteiger partial charge in [-0.3, -0.25) is 9.89 Å². The monoisotopic (exact) mass is 314 g/mol. The molecule has 6 heteroatoms. The Balaban J connectivity index is 1.68. The lowest BCUT2D eigenvalue weighted by atomic mass is 9.98. The van der Waals surface area contributed by atoms with Crippen molar-refractivity contribution in [2.24, 2.45) is 0 Å². The molecule has 0 atom stereocenters. The van der Waals surface area contributed by atoms with Crippen LogP contribution in [0.15, 0.2) is 29.8 Å². The Morgan fingerprint density at radius 1 is 1.36 bits per heavy atom. The molecule has 0 unspecified atom stereocenters. The van der Waals surface area contributed by atoms with Gasteiger partial charge in [-0.2, -0.15) is 5.10 Å². The zero-order valence-corrected chi connectivity index (χ0v) is 13.6. The number of nitrogens with one attached hydrogen (secondary N) is 2. The summed E-state index contributed by atoms with van der Waals surface area (Å²) in [5.41, 5.74) is 2.50. The number of hydrogen-bond donors (Lipinski definition) is 2. The van der Waals surface area contributed by atoms with E-state index in [-0.39, 0.29) is 17.7 Å². The second-order valence-electron chi connectivity index (χ2n) is 6.29. The highest BCUT2D eigenvalue weighted by Crippen LogP contribution is 2.25. The van der Waals surface area contributed by atoms with E-state index in [1.807, 2.05) is 23.6 Å². The third-order valence-electron chi connectivity index (χ3n) is 3.26. The third-order valence-corrected chi connectivity index (χ3v) is 4.58. The van der Waals surface area contributed by atoms with Crippen LogP contribution >= 0.6 is 11.3 Å². The lowest BCUT2D eigenvalue weighted by Gasteiger charge is -2.13. The summed E-state index contributed by atoms with van der Waals surface area (Å²) in [6.07, 6.45) is 2.04. The van der Waals surface area contributed by atoms with E-state index in [1.165, 1.54) is 0 Å². The predicted molar refractivity (Wildman–Crippen MR) is 89.2 cm³/mol. The van der Waals surface area contributed by atoms with E-state index in [4.69, 9.17) is 0 Å². The summed E-state index contributed by atoms with van der Waals surface area (Å²) in [5.74, 6) is -0.0652.